The molecule has 0 bridgehead atoms. The number of hydrogen-bond acceptors (Lipinski definition) is 1. The van der Waals surface area contributed by atoms with Gasteiger partial charge in [-0.25, -0.2) is 0 Å². The van der Waals surface area contributed by atoms with Crippen LogP contribution in [-0.2, 0) is 11.0 Å². The third-order valence-electron chi connectivity index (χ3n) is 1.40. The minimum atomic E-state index is 0.614. The molecule has 0 amide bonds. The quantitative estimate of drug-likeness (QED) is 0.644. The van der Waals surface area contributed by atoms with Gasteiger partial charge in [-0.3, -0.25) is 0 Å². The third kappa shape index (κ3) is 3.69. The van der Waals surface area contributed by atoms with Gasteiger partial charge in [0.05, 0.1) is 6.61 Å². The molecule has 0 aromatic heterocycles. The Hall–Kier alpha value is -0.603. The zero-order valence-electron chi connectivity index (χ0n) is 7.58. The summed E-state index contributed by atoms with van der Waals surface area (Å²) in [5, 5.41) is 0. The van der Waals surface area contributed by atoms with Crippen molar-refractivity contribution in [2.45, 2.75) is 26.0 Å². The van der Waals surface area contributed by atoms with Crippen molar-refractivity contribution < 1.29 is 4.43 Å². The van der Waals surface area contributed by atoms with Crippen molar-refractivity contribution in [2.24, 2.45) is 0 Å². The molecule has 0 N–H and O–H groups in total. The fourth-order valence-corrected chi connectivity index (χ4v) is 1.45. The van der Waals surface area contributed by atoms with Gasteiger partial charge in [-0.1, -0.05) is 44.2 Å². The van der Waals surface area contributed by atoms with Gasteiger partial charge in [0.25, 0.3) is 0 Å². The monoisotopic (exact) mass is 178 g/mol. The first-order valence-corrected chi connectivity index (χ1v) is 5.19. The lowest BCUT2D eigenvalue weighted by Crippen LogP contribution is -2.02. The van der Waals surface area contributed by atoms with Crippen molar-refractivity contribution in [1.82, 2.24) is 0 Å². The highest BCUT2D eigenvalue weighted by Gasteiger charge is 1.97. The van der Waals surface area contributed by atoms with Crippen molar-refractivity contribution in [2.75, 3.05) is 0 Å². The lowest BCUT2D eigenvalue weighted by Gasteiger charge is -2.04. The molecular weight excluding hydrogens is 164 g/mol. The van der Waals surface area contributed by atoms with Crippen molar-refractivity contribution in [3.63, 3.8) is 0 Å². The second-order valence-electron chi connectivity index (χ2n) is 3.05. The normalized spacial score (nSPS) is 10.6. The fourth-order valence-electron chi connectivity index (χ4n) is 0.866. The van der Waals surface area contributed by atoms with E-state index in [0.29, 0.717) is 15.3 Å². The van der Waals surface area contributed by atoms with Gasteiger partial charge in [0.15, 0.2) is 0 Å². The van der Waals surface area contributed by atoms with E-state index < -0.39 is 0 Å². The predicted molar refractivity (Wildman–Crippen MR) is 52.1 cm³/mol. The summed E-state index contributed by atoms with van der Waals surface area (Å²) < 4.78 is 5.51. The third-order valence-corrected chi connectivity index (χ3v) is 2.18. The van der Waals surface area contributed by atoms with E-state index >= 15 is 0 Å². The molecule has 0 saturated carbocycles. The minimum absolute atomic E-state index is 0.614. The molecule has 64 valence electrons. The Morgan fingerprint density at radius 2 is 1.92 bits per heavy atom. The zero-order valence-corrected chi connectivity index (χ0v) is 8.58. The molecule has 1 nitrogen and oxygen atoms in total. The largest absolute Gasteiger partial charge is 0.413 e. The van der Waals surface area contributed by atoms with E-state index in [1.165, 1.54) is 5.56 Å². The van der Waals surface area contributed by atoms with Crippen LogP contribution in [-0.4, -0.2) is 9.76 Å². The van der Waals surface area contributed by atoms with Gasteiger partial charge >= 0.3 is 0 Å². The highest BCUT2D eigenvalue weighted by Crippen LogP contribution is 2.03. The Morgan fingerprint density at radius 3 is 2.50 bits per heavy atom. The SMILES string of the molecule is CC(C)[Si]OCc1ccccc1. The summed E-state index contributed by atoms with van der Waals surface area (Å²) in [6, 6.07) is 10.3. The number of rotatable bonds is 4. The Kier molecular flexibility index (Phi) is 4.04. The molecule has 2 radical (unpaired) electrons. The summed E-state index contributed by atoms with van der Waals surface area (Å²) in [5.41, 5.74) is 1.90. The van der Waals surface area contributed by atoms with Crippen LogP contribution in [0.2, 0.25) is 5.54 Å². The zero-order chi connectivity index (χ0) is 8.81. The van der Waals surface area contributed by atoms with Crippen LogP contribution >= 0.6 is 0 Å². The molecule has 1 aromatic carbocycles. The molecule has 0 atom stereocenters. The minimum Gasteiger partial charge on any atom is -0.413 e. The van der Waals surface area contributed by atoms with E-state index in [4.69, 9.17) is 4.43 Å². The predicted octanol–water partition coefficient (Wildman–Crippen LogP) is 2.65. The summed E-state index contributed by atoms with van der Waals surface area (Å²) in [6.45, 7) is 5.09. The van der Waals surface area contributed by atoms with Crippen LogP contribution < -0.4 is 0 Å². The van der Waals surface area contributed by atoms with Gasteiger partial charge in [0.2, 0.25) is 9.76 Å². The molecule has 0 aliphatic carbocycles. The van der Waals surface area contributed by atoms with E-state index in [2.05, 4.69) is 26.0 Å². The van der Waals surface area contributed by atoms with Crippen LogP contribution in [0.15, 0.2) is 30.3 Å². The Labute approximate surface area is 76.7 Å². The first kappa shape index (κ1) is 9.48. The lowest BCUT2D eigenvalue weighted by molar-refractivity contribution is 0.319. The summed E-state index contributed by atoms with van der Waals surface area (Å²) >= 11 is 0. The van der Waals surface area contributed by atoms with Crippen LogP contribution in [0.3, 0.4) is 0 Å². The maximum absolute atomic E-state index is 5.51. The maximum Gasteiger partial charge on any atom is 0.233 e. The van der Waals surface area contributed by atoms with Gasteiger partial charge in [0, 0.05) is 0 Å². The standard InChI is InChI=1S/C10H14OSi/c1-9(2)12-11-8-10-6-4-3-5-7-10/h3-7,9H,8H2,1-2H3. The molecule has 0 aliphatic rings. The molecule has 0 unspecified atom stereocenters. The summed E-state index contributed by atoms with van der Waals surface area (Å²) in [5.74, 6) is 0. The van der Waals surface area contributed by atoms with Crippen molar-refractivity contribution in [3.05, 3.63) is 35.9 Å². The summed E-state index contributed by atoms with van der Waals surface area (Å²) in [4.78, 5) is 0. The first-order valence-electron chi connectivity index (χ1n) is 4.20. The molecule has 2 heteroatoms. The van der Waals surface area contributed by atoms with Crippen LogP contribution in [0.5, 0.6) is 0 Å². The van der Waals surface area contributed by atoms with Gasteiger partial charge in [0.1, 0.15) is 0 Å². The topological polar surface area (TPSA) is 9.23 Å². The van der Waals surface area contributed by atoms with E-state index in [-0.39, 0.29) is 0 Å². The van der Waals surface area contributed by atoms with Crippen LogP contribution in [0.4, 0.5) is 0 Å². The highest BCUT2D eigenvalue weighted by atomic mass is 28.2. The van der Waals surface area contributed by atoms with Gasteiger partial charge in [-0.15, -0.1) is 0 Å². The molecule has 0 fully saturated rings. The highest BCUT2D eigenvalue weighted by molar-refractivity contribution is 6.29. The van der Waals surface area contributed by atoms with Crippen LogP contribution in [0.25, 0.3) is 0 Å². The molecule has 0 heterocycles. The fraction of sp³-hybridized carbons (Fsp3) is 0.400. The average molecular weight is 178 g/mol. The second kappa shape index (κ2) is 5.12. The maximum atomic E-state index is 5.51. The van der Waals surface area contributed by atoms with E-state index in [0.717, 1.165) is 6.61 Å². The molecule has 0 spiro atoms. The van der Waals surface area contributed by atoms with E-state index in [9.17, 15) is 0 Å². The Bertz CT molecular complexity index is 208. The molecule has 1 aromatic rings. The van der Waals surface area contributed by atoms with Crippen molar-refractivity contribution in [3.8, 4) is 0 Å². The molecule has 0 saturated heterocycles. The summed E-state index contributed by atoms with van der Waals surface area (Å²) in [7, 11) is 0.614. The van der Waals surface area contributed by atoms with Crippen molar-refractivity contribution >= 4 is 9.76 Å². The number of benzene rings is 1. The van der Waals surface area contributed by atoms with Crippen LogP contribution in [0, 0.1) is 0 Å². The lowest BCUT2D eigenvalue weighted by atomic mass is 10.2. The second-order valence-corrected chi connectivity index (χ2v) is 4.73. The first-order chi connectivity index (χ1) is 5.79. The van der Waals surface area contributed by atoms with E-state index in [1.807, 2.05) is 18.2 Å². The van der Waals surface area contributed by atoms with Gasteiger partial charge < -0.3 is 4.43 Å². The Balaban J connectivity index is 2.25. The molecule has 0 aliphatic heterocycles. The van der Waals surface area contributed by atoms with Gasteiger partial charge in [-0.05, 0) is 11.1 Å². The molecule has 1 rings (SSSR count). The van der Waals surface area contributed by atoms with Crippen LogP contribution in [0.1, 0.15) is 19.4 Å². The van der Waals surface area contributed by atoms with Gasteiger partial charge in [-0.2, -0.15) is 0 Å². The van der Waals surface area contributed by atoms with E-state index in [1.54, 1.807) is 0 Å². The molecule has 12 heavy (non-hydrogen) atoms. The molecular formula is C10H14OSi. The summed E-state index contributed by atoms with van der Waals surface area (Å²) in [6.07, 6.45) is 0. The van der Waals surface area contributed by atoms with Crippen molar-refractivity contribution in [1.29, 1.82) is 0 Å². The Morgan fingerprint density at radius 1 is 1.25 bits per heavy atom. The smallest absolute Gasteiger partial charge is 0.233 e. The average Bonchev–Trinajstić information content (AvgIpc) is 2.05. The number of hydrogen-bond donors (Lipinski definition) is 0.